The average Bonchev–Trinajstić information content (AvgIpc) is 2.90. The number of nitrogens with zero attached hydrogens (tertiary/aromatic N) is 3. The fourth-order valence-corrected chi connectivity index (χ4v) is 1.79. The van der Waals surface area contributed by atoms with Crippen LogP contribution in [-0.2, 0) is 13.1 Å². The Hall–Kier alpha value is -2.37. The van der Waals surface area contributed by atoms with Crippen molar-refractivity contribution in [2.24, 2.45) is 0 Å². The Balaban J connectivity index is 1.73. The van der Waals surface area contributed by atoms with E-state index in [0.717, 1.165) is 11.3 Å². The molecule has 2 aromatic rings. The first-order valence-electron chi connectivity index (χ1n) is 6.57. The van der Waals surface area contributed by atoms with Gasteiger partial charge in [0.1, 0.15) is 0 Å². The van der Waals surface area contributed by atoms with E-state index in [4.69, 9.17) is 0 Å². The molecule has 0 aromatic carbocycles. The molecule has 6 nitrogen and oxygen atoms in total. The lowest BCUT2D eigenvalue weighted by molar-refractivity contribution is 0.235. The normalized spacial score (nSPS) is 11.9. The number of carbonyl (C=O) groups is 1. The number of rotatable bonds is 5. The quantitative estimate of drug-likeness (QED) is 0.866. The van der Waals surface area contributed by atoms with Gasteiger partial charge in [-0.3, -0.25) is 9.67 Å². The zero-order valence-electron chi connectivity index (χ0n) is 11.7. The van der Waals surface area contributed by atoms with Gasteiger partial charge in [-0.15, -0.1) is 0 Å². The van der Waals surface area contributed by atoms with Gasteiger partial charge in [-0.1, -0.05) is 6.07 Å². The standard InChI is InChI=1S/C14H19N5O/c1-11-4-5-13(8-15-11)9-16-14(20)18-12(2)10-19-7-3-6-17-19/h3-8,12H,9-10H2,1-2H3,(H2,16,18,20)/t12-/m1/s1. The van der Waals surface area contributed by atoms with Gasteiger partial charge >= 0.3 is 6.03 Å². The molecule has 2 heterocycles. The van der Waals surface area contributed by atoms with Crippen molar-refractivity contribution in [3.63, 3.8) is 0 Å². The topological polar surface area (TPSA) is 71.8 Å². The molecule has 0 saturated carbocycles. The van der Waals surface area contributed by atoms with Gasteiger partial charge in [-0.05, 0) is 31.5 Å². The molecule has 0 bridgehead atoms. The average molecular weight is 273 g/mol. The van der Waals surface area contributed by atoms with Crippen LogP contribution in [0.25, 0.3) is 0 Å². The molecule has 0 aliphatic heterocycles. The van der Waals surface area contributed by atoms with E-state index in [1.165, 1.54) is 0 Å². The highest BCUT2D eigenvalue weighted by Gasteiger charge is 2.07. The Morgan fingerprint density at radius 2 is 2.30 bits per heavy atom. The van der Waals surface area contributed by atoms with E-state index >= 15 is 0 Å². The van der Waals surface area contributed by atoms with E-state index in [9.17, 15) is 4.79 Å². The molecule has 20 heavy (non-hydrogen) atoms. The lowest BCUT2D eigenvalue weighted by Crippen LogP contribution is -2.42. The Bertz CT molecular complexity index is 535. The Kier molecular flexibility index (Phi) is 4.70. The number of amides is 2. The van der Waals surface area contributed by atoms with Crippen molar-refractivity contribution in [3.05, 3.63) is 48.0 Å². The van der Waals surface area contributed by atoms with Crippen molar-refractivity contribution in [1.29, 1.82) is 0 Å². The number of aryl methyl sites for hydroxylation is 1. The van der Waals surface area contributed by atoms with Crippen LogP contribution in [0.3, 0.4) is 0 Å². The van der Waals surface area contributed by atoms with E-state index in [-0.39, 0.29) is 12.1 Å². The molecule has 2 amide bonds. The molecule has 0 unspecified atom stereocenters. The molecular formula is C14H19N5O. The number of urea groups is 1. The van der Waals surface area contributed by atoms with Gasteiger partial charge in [0.25, 0.3) is 0 Å². The molecule has 0 saturated heterocycles. The molecule has 0 spiro atoms. The van der Waals surface area contributed by atoms with Gasteiger partial charge in [0.15, 0.2) is 0 Å². The van der Waals surface area contributed by atoms with E-state index in [1.807, 2.05) is 38.2 Å². The van der Waals surface area contributed by atoms with Crippen LogP contribution in [0.2, 0.25) is 0 Å². The van der Waals surface area contributed by atoms with Gasteiger partial charge in [0, 0.05) is 36.9 Å². The fraction of sp³-hybridized carbons (Fsp3) is 0.357. The molecule has 2 rings (SSSR count). The maximum atomic E-state index is 11.7. The van der Waals surface area contributed by atoms with Gasteiger partial charge in [0.2, 0.25) is 0 Å². The minimum atomic E-state index is -0.190. The predicted molar refractivity (Wildman–Crippen MR) is 76.0 cm³/mol. The summed E-state index contributed by atoms with van der Waals surface area (Å²) >= 11 is 0. The summed E-state index contributed by atoms with van der Waals surface area (Å²) in [4.78, 5) is 15.9. The first kappa shape index (κ1) is 14.0. The molecule has 0 fully saturated rings. The minimum absolute atomic E-state index is 0.00560. The lowest BCUT2D eigenvalue weighted by atomic mass is 10.2. The van der Waals surface area contributed by atoms with Gasteiger partial charge in [0.05, 0.1) is 6.54 Å². The minimum Gasteiger partial charge on any atom is -0.334 e. The number of nitrogens with one attached hydrogen (secondary N) is 2. The third-order valence-corrected chi connectivity index (χ3v) is 2.82. The Labute approximate surface area is 118 Å². The van der Waals surface area contributed by atoms with Crippen molar-refractivity contribution >= 4 is 6.03 Å². The smallest absolute Gasteiger partial charge is 0.315 e. The zero-order chi connectivity index (χ0) is 14.4. The molecule has 2 N–H and O–H groups in total. The number of pyridine rings is 1. The van der Waals surface area contributed by atoms with Crippen LogP contribution >= 0.6 is 0 Å². The van der Waals surface area contributed by atoms with Crippen LogP contribution in [0.5, 0.6) is 0 Å². The highest BCUT2D eigenvalue weighted by Crippen LogP contribution is 1.98. The third kappa shape index (κ3) is 4.38. The number of hydrogen-bond donors (Lipinski definition) is 2. The number of aromatic nitrogens is 3. The molecule has 2 aromatic heterocycles. The number of carbonyl (C=O) groups excluding carboxylic acids is 1. The van der Waals surface area contributed by atoms with E-state index in [2.05, 4.69) is 20.7 Å². The van der Waals surface area contributed by atoms with Crippen LogP contribution in [0.15, 0.2) is 36.8 Å². The summed E-state index contributed by atoms with van der Waals surface area (Å²) in [5.41, 5.74) is 1.94. The largest absolute Gasteiger partial charge is 0.334 e. The van der Waals surface area contributed by atoms with Gasteiger partial charge < -0.3 is 10.6 Å². The summed E-state index contributed by atoms with van der Waals surface area (Å²) < 4.78 is 1.79. The summed E-state index contributed by atoms with van der Waals surface area (Å²) in [7, 11) is 0. The summed E-state index contributed by atoms with van der Waals surface area (Å²) in [5, 5.41) is 9.78. The first-order valence-corrected chi connectivity index (χ1v) is 6.57. The molecule has 0 radical (unpaired) electrons. The highest BCUT2D eigenvalue weighted by atomic mass is 16.2. The van der Waals surface area contributed by atoms with Crippen molar-refractivity contribution in [2.75, 3.05) is 0 Å². The summed E-state index contributed by atoms with van der Waals surface area (Å²) in [6.07, 6.45) is 5.36. The van der Waals surface area contributed by atoms with E-state index in [1.54, 1.807) is 17.1 Å². The maximum absolute atomic E-state index is 11.7. The molecule has 6 heteroatoms. The Morgan fingerprint density at radius 1 is 1.45 bits per heavy atom. The van der Waals surface area contributed by atoms with Gasteiger partial charge in [-0.2, -0.15) is 5.10 Å². The zero-order valence-corrected chi connectivity index (χ0v) is 11.7. The lowest BCUT2D eigenvalue weighted by Gasteiger charge is -2.14. The first-order chi connectivity index (χ1) is 9.63. The monoisotopic (exact) mass is 273 g/mol. The molecular weight excluding hydrogens is 254 g/mol. The second-order valence-corrected chi connectivity index (χ2v) is 4.76. The van der Waals surface area contributed by atoms with Crippen LogP contribution in [0.1, 0.15) is 18.2 Å². The van der Waals surface area contributed by atoms with Crippen LogP contribution in [-0.4, -0.2) is 26.8 Å². The summed E-state index contributed by atoms with van der Waals surface area (Å²) in [6.45, 7) is 4.98. The van der Waals surface area contributed by atoms with Crippen molar-refractivity contribution in [2.45, 2.75) is 33.0 Å². The van der Waals surface area contributed by atoms with Crippen molar-refractivity contribution in [3.8, 4) is 0 Å². The van der Waals surface area contributed by atoms with Gasteiger partial charge in [-0.25, -0.2) is 4.79 Å². The third-order valence-electron chi connectivity index (χ3n) is 2.82. The Morgan fingerprint density at radius 3 is 2.95 bits per heavy atom. The predicted octanol–water partition coefficient (Wildman–Crippen LogP) is 1.47. The fourth-order valence-electron chi connectivity index (χ4n) is 1.79. The van der Waals surface area contributed by atoms with Crippen molar-refractivity contribution < 1.29 is 4.79 Å². The molecule has 0 aliphatic carbocycles. The van der Waals surface area contributed by atoms with E-state index < -0.39 is 0 Å². The number of hydrogen-bond acceptors (Lipinski definition) is 3. The highest BCUT2D eigenvalue weighted by molar-refractivity contribution is 5.74. The van der Waals surface area contributed by atoms with Crippen molar-refractivity contribution in [1.82, 2.24) is 25.4 Å². The SMILES string of the molecule is Cc1ccc(CNC(=O)N[C@H](C)Cn2cccn2)cn1. The summed E-state index contributed by atoms with van der Waals surface area (Å²) in [6, 6.07) is 5.55. The van der Waals surface area contributed by atoms with Crippen LogP contribution < -0.4 is 10.6 Å². The van der Waals surface area contributed by atoms with Crippen LogP contribution in [0, 0.1) is 6.92 Å². The molecule has 0 aliphatic rings. The molecule has 1 atom stereocenters. The van der Waals surface area contributed by atoms with E-state index in [0.29, 0.717) is 13.1 Å². The maximum Gasteiger partial charge on any atom is 0.315 e. The summed E-state index contributed by atoms with van der Waals surface area (Å²) in [5.74, 6) is 0. The molecule has 106 valence electrons. The second kappa shape index (κ2) is 6.70. The second-order valence-electron chi connectivity index (χ2n) is 4.76. The van der Waals surface area contributed by atoms with Crippen LogP contribution in [0.4, 0.5) is 4.79 Å².